The maximum absolute atomic E-state index is 13.0. The van der Waals surface area contributed by atoms with E-state index in [4.69, 9.17) is 4.74 Å². The number of methoxy groups -OCH3 is 1. The summed E-state index contributed by atoms with van der Waals surface area (Å²) in [6, 6.07) is 11.8. The fraction of sp³-hybridized carbons (Fsp3) is 0.350. The average molecular weight is 388 g/mol. The number of amides is 1. The predicted octanol–water partition coefficient (Wildman–Crippen LogP) is 3.43. The van der Waals surface area contributed by atoms with Gasteiger partial charge in [-0.25, -0.2) is 8.42 Å². The van der Waals surface area contributed by atoms with Crippen molar-refractivity contribution in [3.05, 3.63) is 53.6 Å². The molecule has 2 aromatic rings. The van der Waals surface area contributed by atoms with Gasteiger partial charge in [-0.05, 0) is 61.7 Å². The SMILES string of the molecule is COc1ccc(NC(=O)c2ccc(C)c(S(=O)(=O)N3CCCCC3)c2)cc1. The Kier molecular flexibility index (Phi) is 5.82. The number of ether oxygens (including phenoxy) is 1. The molecule has 0 saturated carbocycles. The summed E-state index contributed by atoms with van der Waals surface area (Å²) in [7, 11) is -2.02. The summed E-state index contributed by atoms with van der Waals surface area (Å²) >= 11 is 0. The van der Waals surface area contributed by atoms with Gasteiger partial charge in [0.25, 0.3) is 5.91 Å². The molecule has 0 radical (unpaired) electrons. The summed E-state index contributed by atoms with van der Waals surface area (Å²) in [4.78, 5) is 12.8. The van der Waals surface area contributed by atoms with E-state index in [1.807, 2.05) is 0 Å². The molecule has 1 amide bonds. The fourth-order valence-corrected chi connectivity index (χ4v) is 4.91. The Labute approximate surface area is 160 Å². The van der Waals surface area contributed by atoms with Gasteiger partial charge in [0, 0.05) is 24.3 Å². The van der Waals surface area contributed by atoms with Crippen molar-refractivity contribution in [3.8, 4) is 5.75 Å². The number of hydrogen-bond acceptors (Lipinski definition) is 4. The van der Waals surface area contributed by atoms with E-state index < -0.39 is 10.0 Å². The van der Waals surface area contributed by atoms with Crippen molar-refractivity contribution in [1.82, 2.24) is 4.31 Å². The van der Waals surface area contributed by atoms with Crippen LogP contribution in [0.15, 0.2) is 47.4 Å². The van der Waals surface area contributed by atoms with E-state index in [2.05, 4.69) is 5.32 Å². The van der Waals surface area contributed by atoms with Crippen LogP contribution in [0.1, 0.15) is 35.2 Å². The minimum Gasteiger partial charge on any atom is -0.497 e. The lowest BCUT2D eigenvalue weighted by Gasteiger charge is -2.26. The molecule has 1 fully saturated rings. The van der Waals surface area contributed by atoms with E-state index in [0.717, 1.165) is 19.3 Å². The standard InChI is InChI=1S/C20H24N2O4S/c1-15-6-7-16(20(23)21-17-8-10-18(26-2)11-9-17)14-19(15)27(24,25)22-12-4-3-5-13-22/h6-11,14H,3-5,12-13H2,1-2H3,(H,21,23). The van der Waals surface area contributed by atoms with Crippen molar-refractivity contribution in [3.63, 3.8) is 0 Å². The van der Waals surface area contributed by atoms with Gasteiger partial charge >= 0.3 is 0 Å². The van der Waals surface area contributed by atoms with Crippen LogP contribution < -0.4 is 10.1 Å². The molecule has 1 saturated heterocycles. The van der Waals surface area contributed by atoms with Crippen LogP contribution in [-0.4, -0.2) is 38.8 Å². The lowest BCUT2D eigenvalue weighted by molar-refractivity contribution is 0.102. The van der Waals surface area contributed by atoms with E-state index >= 15 is 0 Å². The second kappa shape index (κ2) is 8.10. The number of rotatable bonds is 5. The van der Waals surface area contributed by atoms with Gasteiger partial charge in [-0.2, -0.15) is 4.31 Å². The van der Waals surface area contributed by atoms with Crippen molar-refractivity contribution < 1.29 is 17.9 Å². The number of anilines is 1. The molecule has 1 N–H and O–H groups in total. The molecule has 0 aromatic heterocycles. The summed E-state index contributed by atoms with van der Waals surface area (Å²) < 4.78 is 32.6. The van der Waals surface area contributed by atoms with Crippen LogP contribution in [0.3, 0.4) is 0 Å². The smallest absolute Gasteiger partial charge is 0.255 e. The van der Waals surface area contributed by atoms with E-state index in [1.54, 1.807) is 50.4 Å². The molecule has 6 nitrogen and oxygen atoms in total. The first-order chi connectivity index (χ1) is 12.9. The van der Waals surface area contributed by atoms with Crippen LogP contribution >= 0.6 is 0 Å². The number of sulfonamides is 1. The number of carbonyl (C=O) groups is 1. The number of benzene rings is 2. The highest BCUT2D eigenvalue weighted by Crippen LogP contribution is 2.25. The van der Waals surface area contributed by atoms with Gasteiger partial charge in [0.2, 0.25) is 10.0 Å². The third-order valence-electron chi connectivity index (χ3n) is 4.73. The molecule has 144 valence electrons. The van der Waals surface area contributed by atoms with E-state index in [0.29, 0.717) is 35.7 Å². The normalized spacial score (nSPS) is 15.3. The van der Waals surface area contributed by atoms with Gasteiger partial charge in [0.15, 0.2) is 0 Å². The topological polar surface area (TPSA) is 75.7 Å². The Bertz CT molecular complexity index is 917. The van der Waals surface area contributed by atoms with Gasteiger partial charge in [0.05, 0.1) is 12.0 Å². The molecule has 0 unspecified atom stereocenters. The highest BCUT2D eigenvalue weighted by Gasteiger charge is 2.28. The first-order valence-corrected chi connectivity index (χ1v) is 10.4. The molecular weight excluding hydrogens is 364 g/mol. The largest absolute Gasteiger partial charge is 0.497 e. The first-order valence-electron chi connectivity index (χ1n) is 8.98. The summed E-state index contributed by atoms with van der Waals surface area (Å²) in [5, 5.41) is 2.78. The summed E-state index contributed by atoms with van der Waals surface area (Å²) in [6.45, 7) is 2.82. The summed E-state index contributed by atoms with van der Waals surface area (Å²) in [5.41, 5.74) is 1.57. The van der Waals surface area contributed by atoms with Gasteiger partial charge in [-0.3, -0.25) is 4.79 Å². The van der Waals surface area contributed by atoms with E-state index in [1.165, 1.54) is 10.4 Å². The minimum absolute atomic E-state index is 0.201. The molecule has 0 bridgehead atoms. The molecule has 7 heteroatoms. The zero-order valence-electron chi connectivity index (χ0n) is 15.6. The second-order valence-corrected chi connectivity index (χ2v) is 8.53. The van der Waals surface area contributed by atoms with Crippen LogP contribution in [0.25, 0.3) is 0 Å². The van der Waals surface area contributed by atoms with E-state index in [-0.39, 0.29) is 10.8 Å². The second-order valence-electron chi connectivity index (χ2n) is 6.63. The molecule has 27 heavy (non-hydrogen) atoms. The molecule has 1 aliphatic heterocycles. The van der Waals surface area contributed by atoms with Crippen LogP contribution in [0.2, 0.25) is 0 Å². The molecule has 3 rings (SSSR count). The van der Waals surface area contributed by atoms with Gasteiger partial charge < -0.3 is 10.1 Å². The Hall–Kier alpha value is -2.38. The Morgan fingerprint density at radius 1 is 1.04 bits per heavy atom. The molecule has 0 spiro atoms. The minimum atomic E-state index is -3.59. The number of piperidine rings is 1. The number of carbonyl (C=O) groups excluding carboxylic acids is 1. The molecule has 0 atom stereocenters. The van der Waals surface area contributed by atoms with Crippen molar-refractivity contribution in [2.75, 3.05) is 25.5 Å². The summed E-state index contributed by atoms with van der Waals surface area (Å²) in [5.74, 6) is 0.341. The summed E-state index contributed by atoms with van der Waals surface area (Å²) in [6.07, 6.45) is 2.79. The molecule has 0 aliphatic carbocycles. The average Bonchev–Trinajstić information content (AvgIpc) is 2.69. The number of aryl methyl sites for hydroxylation is 1. The molecular formula is C20H24N2O4S. The fourth-order valence-electron chi connectivity index (χ4n) is 3.14. The molecule has 2 aromatic carbocycles. The monoisotopic (exact) mass is 388 g/mol. The molecule has 1 aliphatic rings. The van der Waals surface area contributed by atoms with Gasteiger partial charge in [-0.15, -0.1) is 0 Å². The van der Waals surface area contributed by atoms with Crippen LogP contribution in [0.4, 0.5) is 5.69 Å². The van der Waals surface area contributed by atoms with Crippen molar-refractivity contribution in [2.45, 2.75) is 31.1 Å². The highest BCUT2D eigenvalue weighted by atomic mass is 32.2. The van der Waals surface area contributed by atoms with Crippen molar-refractivity contribution >= 4 is 21.6 Å². The number of nitrogens with one attached hydrogen (secondary N) is 1. The van der Waals surface area contributed by atoms with Crippen molar-refractivity contribution in [2.24, 2.45) is 0 Å². The molecule has 1 heterocycles. The van der Waals surface area contributed by atoms with Crippen LogP contribution in [0.5, 0.6) is 5.75 Å². The zero-order chi connectivity index (χ0) is 19.4. The zero-order valence-corrected chi connectivity index (χ0v) is 16.4. The number of hydrogen-bond donors (Lipinski definition) is 1. The third kappa shape index (κ3) is 4.31. The first kappa shape index (κ1) is 19.4. The van der Waals surface area contributed by atoms with Crippen LogP contribution in [-0.2, 0) is 10.0 Å². The lowest BCUT2D eigenvalue weighted by atomic mass is 10.1. The predicted molar refractivity (Wildman–Crippen MR) is 105 cm³/mol. The maximum atomic E-state index is 13.0. The Morgan fingerprint density at radius 2 is 1.70 bits per heavy atom. The Morgan fingerprint density at radius 3 is 2.33 bits per heavy atom. The quantitative estimate of drug-likeness (QED) is 0.851. The van der Waals surface area contributed by atoms with Gasteiger partial charge in [-0.1, -0.05) is 12.5 Å². The van der Waals surface area contributed by atoms with E-state index in [9.17, 15) is 13.2 Å². The lowest BCUT2D eigenvalue weighted by Crippen LogP contribution is -2.36. The third-order valence-corrected chi connectivity index (χ3v) is 6.77. The Balaban J connectivity index is 1.84. The van der Waals surface area contributed by atoms with Crippen LogP contribution in [0, 0.1) is 6.92 Å². The number of nitrogens with zero attached hydrogens (tertiary/aromatic N) is 1. The highest BCUT2D eigenvalue weighted by molar-refractivity contribution is 7.89. The van der Waals surface area contributed by atoms with Gasteiger partial charge in [0.1, 0.15) is 5.75 Å². The van der Waals surface area contributed by atoms with Crippen molar-refractivity contribution in [1.29, 1.82) is 0 Å². The maximum Gasteiger partial charge on any atom is 0.255 e.